The molecule has 126 valence electrons. The number of alkyl halides is 6. The third-order valence-electron chi connectivity index (χ3n) is 1.79. The quantitative estimate of drug-likeness (QED) is 0.593. The van der Waals surface area contributed by atoms with E-state index in [9.17, 15) is 43.2 Å². The molecule has 0 amide bonds. The molecule has 0 saturated carbocycles. The lowest BCUT2D eigenvalue weighted by Gasteiger charge is -2.10. The van der Waals surface area contributed by atoms with Crippen molar-refractivity contribution in [2.75, 3.05) is 0 Å². The standard InChI is InChI=1S/C8H4F6O6S2/c9-7(10,11)19-21(15,16)5-2-1-3-6(4-5)22(17,18)20-8(12,13)14/h1-4H. The van der Waals surface area contributed by atoms with Crippen molar-refractivity contribution in [3.63, 3.8) is 0 Å². The molecule has 0 aliphatic rings. The van der Waals surface area contributed by atoms with Crippen molar-refractivity contribution in [3.8, 4) is 0 Å². The van der Waals surface area contributed by atoms with E-state index in [1.54, 1.807) is 0 Å². The van der Waals surface area contributed by atoms with Crippen molar-refractivity contribution < 1.29 is 51.5 Å². The van der Waals surface area contributed by atoms with Gasteiger partial charge in [0.15, 0.2) is 0 Å². The summed E-state index contributed by atoms with van der Waals surface area (Å²) in [4.78, 5) is -2.65. The number of hydrogen-bond donors (Lipinski definition) is 0. The van der Waals surface area contributed by atoms with E-state index >= 15 is 0 Å². The molecule has 1 rings (SSSR count). The van der Waals surface area contributed by atoms with Crippen LogP contribution in [0.25, 0.3) is 0 Å². The van der Waals surface area contributed by atoms with E-state index < -0.39 is 42.8 Å². The average Bonchev–Trinajstić information content (AvgIpc) is 2.22. The summed E-state index contributed by atoms with van der Waals surface area (Å²) in [6, 6.07) is 1.61. The maximum atomic E-state index is 11.9. The first kappa shape index (κ1) is 18.7. The van der Waals surface area contributed by atoms with Crippen LogP contribution in [0.4, 0.5) is 26.3 Å². The summed E-state index contributed by atoms with van der Waals surface area (Å²) in [5.74, 6) is 0. The van der Waals surface area contributed by atoms with Crippen LogP contribution in [0.15, 0.2) is 34.1 Å². The summed E-state index contributed by atoms with van der Waals surface area (Å²) < 4.78 is 122. The van der Waals surface area contributed by atoms with Crippen LogP contribution in [0.2, 0.25) is 0 Å². The number of rotatable bonds is 4. The fourth-order valence-corrected chi connectivity index (χ4v) is 2.93. The number of hydrogen-bond acceptors (Lipinski definition) is 6. The first-order valence-electron chi connectivity index (χ1n) is 4.77. The third kappa shape index (κ3) is 5.43. The lowest BCUT2D eigenvalue weighted by atomic mass is 10.4. The summed E-state index contributed by atoms with van der Waals surface area (Å²) in [5, 5.41) is 0. The van der Waals surface area contributed by atoms with Gasteiger partial charge < -0.3 is 0 Å². The van der Waals surface area contributed by atoms with Crippen LogP contribution in [0, 0.1) is 0 Å². The fourth-order valence-electron chi connectivity index (χ4n) is 1.13. The molecule has 0 aromatic heterocycles. The van der Waals surface area contributed by atoms with Gasteiger partial charge in [-0.1, -0.05) is 6.07 Å². The highest BCUT2D eigenvalue weighted by Gasteiger charge is 2.40. The summed E-state index contributed by atoms with van der Waals surface area (Å²) in [6.45, 7) is 0. The predicted molar refractivity (Wildman–Crippen MR) is 55.1 cm³/mol. The van der Waals surface area contributed by atoms with Crippen molar-refractivity contribution >= 4 is 20.2 Å². The van der Waals surface area contributed by atoms with Gasteiger partial charge in [0.2, 0.25) is 0 Å². The zero-order valence-corrected chi connectivity index (χ0v) is 11.5. The van der Waals surface area contributed by atoms with Crippen molar-refractivity contribution in [1.29, 1.82) is 0 Å². The van der Waals surface area contributed by atoms with Gasteiger partial charge in [0.05, 0.1) is 9.79 Å². The van der Waals surface area contributed by atoms with E-state index in [1.165, 1.54) is 0 Å². The largest absolute Gasteiger partial charge is 0.537 e. The topological polar surface area (TPSA) is 86.7 Å². The Bertz CT molecular complexity index is 687. The molecule has 0 fully saturated rings. The molecule has 0 spiro atoms. The van der Waals surface area contributed by atoms with Crippen LogP contribution in [0.3, 0.4) is 0 Å². The third-order valence-corrected chi connectivity index (χ3v) is 4.27. The van der Waals surface area contributed by atoms with Gasteiger partial charge >= 0.3 is 33.0 Å². The Hall–Kier alpha value is -1.38. The molecule has 0 radical (unpaired) electrons. The van der Waals surface area contributed by atoms with Crippen LogP contribution in [0.5, 0.6) is 0 Å². The number of benzene rings is 1. The smallest absolute Gasteiger partial charge is 0.194 e. The Balaban J connectivity index is 3.26. The maximum absolute atomic E-state index is 11.9. The minimum Gasteiger partial charge on any atom is -0.194 e. The fraction of sp³-hybridized carbons (Fsp3) is 0.250. The second-order valence-electron chi connectivity index (χ2n) is 3.44. The highest BCUT2D eigenvalue weighted by atomic mass is 32.2. The van der Waals surface area contributed by atoms with Crippen LogP contribution in [-0.2, 0) is 28.6 Å². The van der Waals surface area contributed by atoms with Gasteiger partial charge in [-0.2, -0.15) is 25.2 Å². The van der Waals surface area contributed by atoms with Crippen molar-refractivity contribution in [1.82, 2.24) is 0 Å². The maximum Gasteiger partial charge on any atom is 0.537 e. The van der Waals surface area contributed by atoms with Crippen molar-refractivity contribution in [3.05, 3.63) is 24.3 Å². The lowest BCUT2D eigenvalue weighted by molar-refractivity contribution is -0.273. The first-order chi connectivity index (χ1) is 9.62. The Morgan fingerprint density at radius 2 is 1.05 bits per heavy atom. The SMILES string of the molecule is O=S(=O)(OC(F)(F)F)c1cccc(S(=O)(=O)OC(F)(F)F)c1. The summed E-state index contributed by atoms with van der Waals surface area (Å²) in [6.07, 6.45) is -11.2. The van der Waals surface area contributed by atoms with E-state index in [-0.39, 0.29) is 6.07 Å². The van der Waals surface area contributed by atoms with E-state index in [0.29, 0.717) is 18.2 Å². The van der Waals surface area contributed by atoms with Crippen LogP contribution < -0.4 is 0 Å². The molecule has 0 bridgehead atoms. The zero-order chi connectivity index (χ0) is 17.4. The van der Waals surface area contributed by atoms with Gasteiger partial charge in [-0.15, -0.1) is 26.3 Å². The molecule has 0 unspecified atom stereocenters. The lowest BCUT2D eigenvalue weighted by Crippen LogP contribution is -2.21. The molecular formula is C8H4F6O6S2. The minimum atomic E-state index is -5.60. The van der Waals surface area contributed by atoms with E-state index in [2.05, 4.69) is 8.37 Å². The van der Waals surface area contributed by atoms with E-state index in [1.807, 2.05) is 0 Å². The molecule has 0 heterocycles. The zero-order valence-electron chi connectivity index (χ0n) is 9.84. The number of halogens is 6. The first-order valence-corrected chi connectivity index (χ1v) is 7.59. The van der Waals surface area contributed by atoms with E-state index in [4.69, 9.17) is 0 Å². The monoisotopic (exact) mass is 374 g/mol. The molecular weight excluding hydrogens is 370 g/mol. The molecule has 0 saturated heterocycles. The van der Waals surface area contributed by atoms with Gasteiger partial charge in [-0.3, -0.25) is 0 Å². The Morgan fingerprint density at radius 1 is 0.727 bits per heavy atom. The van der Waals surface area contributed by atoms with Gasteiger partial charge in [-0.05, 0) is 18.2 Å². The molecule has 0 aliphatic heterocycles. The molecule has 1 aromatic rings. The molecule has 0 N–H and O–H groups in total. The van der Waals surface area contributed by atoms with Gasteiger partial charge in [0.1, 0.15) is 0 Å². The second-order valence-corrected chi connectivity index (χ2v) is 6.53. The average molecular weight is 374 g/mol. The van der Waals surface area contributed by atoms with Gasteiger partial charge in [0.25, 0.3) is 0 Å². The Labute approximate surface area is 119 Å². The van der Waals surface area contributed by atoms with Crippen LogP contribution >= 0.6 is 0 Å². The van der Waals surface area contributed by atoms with Gasteiger partial charge in [0, 0.05) is 0 Å². The Morgan fingerprint density at radius 3 is 1.32 bits per heavy atom. The molecule has 0 atom stereocenters. The molecule has 22 heavy (non-hydrogen) atoms. The molecule has 6 nitrogen and oxygen atoms in total. The van der Waals surface area contributed by atoms with Crippen molar-refractivity contribution in [2.24, 2.45) is 0 Å². The minimum absolute atomic E-state index is 0.0299. The second kappa shape index (κ2) is 5.68. The normalized spacial score (nSPS) is 14.1. The summed E-state index contributed by atoms with van der Waals surface area (Å²) in [5.41, 5.74) is 0. The van der Waals surface area contributed by atoms with Crippen molar-refractivity contribution in [2.45, 2.75) is 22.5 Å². The van der Waals surface area contributed by atoms with Gasteiger partial charge in [-0.25, -0.2) is 0 Å². The summed E-state index contributed by atoms with van der Waals surface area (Å²) in [7, 11) is -10.9. The molecule has 0 aliphatic carbocycles. The predicted octanol–water partition coefficient (Wildman–Crippen LogP) is 2.14. The highest BCUT2D eigenvalue weighted by molar-refractivity contribution is 7.87. The molecule has 14 heteroatoms. The summed E-state index contributed by atoms with van der Waals surface area (Å²) >= 11 is 0. The Kier molecular flexibility index (Phi) is 4.82. The van der Waals surface area contributed by atoms with Crippen LogP contribution in [-0.4, -0.2) is 29.6 Å². The van der Waals surface area contributed by atoms with Crippen LogP contribution in [0.1, 0.15) is 0 Å². The van der Waals surface area contributed by atoms with E-state index in [0.717, 1.165) is 0 Å². The highest BCUT2D eigenvalue weighted by Crippen LogP contribution is 2.28. The molecule has 1 aromatic carbocycles.